The van der Waals surface area contributed by atoms with E-state index in [0.717, 1.165) is 0 Å². The van der Waals surface area contributed by atoms with Crippen molar-refractivity contribution in [2.75, 3.05) is 12.4 Å². The van der Waals surface area contributed by atoms with E-state index in [1.807, 2.05) is 0 Å². The van der Waals surface area contributed by atoms with E-state index >= 15 is 0 Å². The number of rotatable bonds is 6. The average molecular weight is 397 g/mol. The van der Waals surface area contributed by atoms with E-state index < -0.39 is 23.5 Å². The number of benzene rings is 1. The second-order valence-electron chi connectivity index (χ2n) is 6.22. The summed E-state index contributed by atoms with van der Waals surface area (Å²) in [5.74, 6) is 0.320. The number of amides is 2. The van der Waals surface area contributed by atoms with E-state index in [9.17, 15) is 14.4 Å². The fourth-order valence-corrected chi connectivity index (χ4v) is 2.49. The van der Waals surface area contributed by atoms with Gasteiger partial charge in [0.15, 0.2) is 5.82 Å². The molecule has 10 heteroatoms. The predicted octanol–water partition coefficient (Wildman–Crippen LogP) is 1.50. The molecule has 2 aromatic heterocycles. The molecular formula is C19H19N5O5. The Hall–Kier alpha value is -3.95. The van der Waals surface area contributed by atoms with Crippen molar-refractivity contribution in [1.82, 2.24) is 20.4 Å². The van der Waals surface area contributed by atoms with Crippen molar-refractivity contribution in [3.8, 4) is 17.0 Å². The zero-order chi connectivity index (χ0) is 21.0. The van der Waals surface area contributed by atoms with Gasteiger partial charge in [-0.2, -0.15) is 4.98 Å². The number of methoxy groups -OCH3 is 1. The average Bonchev–Trinajstić information content (AvgIpc) is 3.12. The van der Waals surface area contributed by atoms with Gasteiger partial charge in [0, 0.05) is 11.6 Å². The Balaban J connectivity index is 1.73. The Morgan fingerprint density at radius 2 is 1.93 bits per heavy atom. The lowest BCUT2D eigenvalue weighted by Crippen LogP contribution is -2.42. The first-order valence-corrected chi connectivity index (χ1v) is 8.66. The smallest absolute Gasteiger partial charge is 0.346 e. The SMILES string of the molecule is COc1ccc(-c2cc(C(=O)N[C@@H](C)C(=O)Nc3cc(C)on3)[nH]c(=O)n2)cc1. The maximum atomic E-state index is 12.5. The van der Waals surface area contributed by atoms with Crippen LogP contribution in [0, 0.1) is 6.92 Å². The lowest BCUT2D eigenvalue weighted by Gasteiger charge is -2.13. The first kappa shape index (κ1) is 19.8. The molecule has 0 aliphatic rings. The van der Waals surface area contributed by atoms with Crippen LogP contribution in [0.2, 0.25) is 0 Å². The summed E-state index contributed by atoms with van der Waals surface area (Å²) >= 11 is 0. The Bertz CT molecular complexity index is 1090. The Morgan fingerprint density at radius 3 is 2.55 bits per heavy atom. The second-order valence-corrected chi connectivity index (χ2v) is 6.22. The zero-order valence-corrected chi connectivity index (χ0v) is 16.0. The van der Waals surface area contributed by atoms with Crippen molar-refractivity contribution in [2.24, 2.45) is 0 Å². The first-order chi connectivity index (χ1) is 13.9. The molecule has 0 aliphatic heterocycles. The number of carbonyl (C=O) groups is 2. The summed E-state index contributed by atoms with van der Waals surface area (Å²) in [4.78, 5) is 42.9. The molecule has 10 nitrogen and oxygen atoms in total. The van der Waals surface area contributed by atoms with Crippen molar-refractivity contribution in [1.29, 1.82) is 0 Å². The van der Waals surface area contributed by atoms with Gasteiger partial charge in [0.25, 0.3) is 5.91 Å². The lowest BCUT2D eigenvalue weighted by atomic mass is 10.1. The molecule has 0 spiro atoms. The van der Waals surface area contributed by atoms with Crippen LogP contribution in [0.15, 0.2) is 45.7 Å². The molecule has 3 N–H and O–H groups in total. The molecule has 1 aromatic carbocycles. The van der Waals surface area contributed by atoms with Crippen LogP contribution in [0.3, 0.4) is 0 Å². The molecule has 150 valence electrons. The monoisotopic (exact) mass is 397 g/mol. The molecule has 1 atom stereocenters. The number of hydrogen-bond acceptors (Lipinski definition) is 7. The maximum absolute atomic E-state index is 12.5. The summed E-state index contributed by atoms with van der Waals surface area (Å²) in [6.45, 7) is 3.19. The number of ether oxygens (including phenoxy) is 1. The minimum atomic E-state index is -0.888. The van der Waals surface area contributed by atoms with Crippen LogP contribution in [0.5, 0.6) is 5.75 Å². The number of nitrogens with one attached hydrogen (secondary N) is 3. The number of nitrogens with zero attached hydrogens (tertiary/aromatic N) is 2. The normalized spacial score (nSPS) is 11.6. The topological polar surface area (TPSA) is 139 Å². The van der Waals surface area contributed by atoms with Gasteiger partial charge in [-0.05, 0) is 44.2 Å². The summed E-state index contributed by atoms with van der Waals surface area (Å²) in [5.41, 5.74) is 0.251. The van der Waals surface area contributed by atoms with Gasteiger partial charge in [-0.15, -0.1) is 0 Å². The molecule has 0 bridgehead atoms. The highest BCUT2D eigenvalue weighted by molar-refractivity contribution is 6.00. The van der Waals surface area contributed by atoms with Crippen molar-refractivity contribution in [3.05, 3.63) is 58.3 Å². The fraction of sp³-hybridized carbons (Fsp3) is 0.211. The van der Waals surface area contributed by atoms with E-state index in [1.54, 1.807) is 44.4 Å². The van der Waals surface area contributed by atoms with E-state index in [2.05, 4.69) is 25.8 Å². The van der Waals surface area contributed by atoms with E-state index in [-0.39, 0.29) is 11.5 Å². The van der Waals surface area contributed by atoms with Crippen LogP contribution in [-0.2, 0) is 4.79 Å². The Kier molecular flexibility index (Phi) is 5.72. The molecular weight excluding hydrogens is 378 g/mol. The summed E-state index contributed by atoms with van der Waals surface area (Å²) < 4.78 is 9.97. The fourth-order valence-electron chi connectivity index (χ4n) is 2.49. The van der Waals surface area contributed by atoms with Gasteiger partial charge in [0.2, 0.25) is 5.91 Å². The van der Waals surface area contributed by atoms with Gasteiger partial charge >= 0.3 is 5.69 Å². The van der Waals surface area contributed by atoms with Crippen LogP contribution in [0.4, 0.5) is 5.82 Å². The van der Waals surface area contributed by atoms with Gasteiger partial charge < -0.3 is 24.9 Å². The third kappa shape index (κ3) is 4.86. The van der Waals surface area contributed by atoms with Crippen LogP contribution < -0.4 is 21.1 Å². The van der Waals surface area contributed by atoms with E-state index in [4.69, 9.17) is 9.26 Å². The molecule has 3 aromatic rings. The van der Waals surface area contributed by atoms with Crippen molar-refractivity contribution in [3.63, 3.8) is 0 Å². The van der Waals surface area contributed by atoms with E-state index in [0.29, 0.717) is 22.8 Å². The van der Waals surface area contributed by atoms with Crippen molar-refractivity contribution in [2.45, 2.75) is 19.9 Å². The highest BCUT2D eigenvalue weighted by atomic mass is 16.5. The number of anilines is 1. The van der Waals surface area contributed by atoms with Crippen LogP contribution in [0.1, 0.15) is 23.2 Å². The van der Waals surface area contributed by atoms with Gasteiger partial charge in [0.05, 0.1) is 12.8 Å². The minimum absolute atomic E-state index is 0.0206. The molecule has 3 rings (SSSR count). The predicted molar refractivity (Wildman–Crippen MR) is 104 cm³/mol. The summed E-state index contributed by atoms with van der Waals surface area (Å²) in [6, 6.07) is 8.97. The zero-order valence-electron chi connectivity index (χ0n) is 16.0. The molecule has 29 heavy (non-hydrogen) atoms. The number of H-pyrrole nitrogens is 1. The quantitative estimate of drug-likeness (QED) is 0.573. The number of carbonyl (C=O) groups excluding carboxylic acids is 2. The van der Waals surface area contributed by atoms with Crippen molar-refractivity contribution >= 4 is 17.6 Å². The second kappa shape index (κ2) is 8.38. The molecule has 2 heterocycles. The lowest BCUT2D eigenvalue weighted by molar-refractivity contribution is -0.117. The van der Waals surface area contributed by atoms with Gasteiger partial charge in [0.1, 0.15) is 23.2 Å². The third-order valence-electron chi connectivity index (χ3n) is 4.00. The molecule has 0 fully saturated rings. The number of aromatic amines is 1. The maximum Gasteiger partial charge on any atom is 0.346 e. The van der Waals surface area contributed by atoms with Crippen LogP contribution in [0.25, 0.3) is 11.3 Å². The van der Waals surface area contributed by atoms with Crippen molar-refractivity contribution < 1.29 is 18.8 Å². The minimum Gasteiger partial charge on any atom is -0.497 e. The standard InChI is InChI=1S/C19H19N5O5/c1-10-8-16(24-29-10)23-17(25)11(2)20-18(26)15-9-14(21-19(27)22-15)12-4-6-13(28-3)7-5-12/h4-9,11H,1-3H3,(H,20,26)(H,21,22,27)(H,23,24,25)/t11-/m0/s1. The highest BCUT2D eigenvalue weighted by Crippen LogP contribution is 2.20. The van der Waals surface area contributed by atoms with E-state index in [1.165, 1.54) is 13.0 Å². The third-order valence-corrected chi connectivity index (χ3v) is 4.00. The number of aryl methyl sites for hydroxylation is 1. The number of aromatic nitrogens is 3. The Labute approximate surface area is 165 Å². The Morgan fingerprint density at radius 1 is 1.21 bits per heavy atom. The highest BCUT2D eigenvalue weighted by Gasteiger charge is 2.19. The summed E-state index contributed by atoms with van der Waals surface area (Å²) in [5, 5.41) is 8.70. The van der Waals surface area contributed by atoms with Gasteiger partial charge in [-0.1, -0.05) is 5.16 Å². The van der Waals surface area contributed by atoms with Gasteiger partial charge in [-0.3, -0.25) is 9.59 Å². The molecule has 0 radical (unpaired) electrons. The molecule has 2 amide bonds. The molecule has 0 aliphatic carbocycles. The summed E-state index contributed by atoms with van der Waals surface area (Å²) in [6.07, 6.45) is 0. The summed E-state index contributed by atoms with van der Waals surface area (Å²) in [7, 11) is 1.55. The molecule has 0 unspecified atom stereocenters. The molecule has 0 saturated carbocycles. The van der Waals surface area contributed by atoms with Crippen LogP contribution in [-0.4, -0.2) is 40.1 Å². The molecule has 0 saturated heterocycles. The van der Waals surface area contributed by atoms with Gasteiger partial charge in [-0.25, -0.2) is 4.79 Å². The number of hydrogen-bond donors (Lipinski definition) is 3. The van der Waals surface area contributed by atoms with Crippen LogP contribution >= 0.6 is 0 Å². The largest absolute Gasteiger partial charge is 0.497 e. The first-order valence-electron chi connectivity index (χ1n) is 8.66.